The number of nitrogens with one attached hydrogen (secondary N) is 1. The average molecular weight is 364 g/mol. The third-order valence-electron chi connectivity index (χ3n) is 3.39. The minimum absolute atomic E-state index is 0.664. The number of methoxy groups -OCH3 is 3. The molecule has 0 saturated carbocycles. The van der Waals surface area contributed by atoms with Gasteiger partial charge in [-0.2, -0.15) is 0 Å². The Hall–Kier alpha value is -1.35. The van der Waals surface area contributed by atoms with Crippen LogP contribution in [-0.2, 0) is 11.1 Å². The summed E-state index contributed by atoms with van der Waals surface area (Å²) in [4.78, 5) is 24.0. The fourth-order valence-corrected chi connectivity index (χ4v) is 2.40. The Kier molecular flexibility index (Phi) is 8.47. The average Bonchev–Trinajstić information content (AvgIpc) is 2.53. The molecule has 138 valence electrons. The van der Waals surface area contributed by atoms with E-state index in [9.17, 15) is 0 Å². The van der Waals surface area contributed by atoms with Gasteiger partial charge in [0.25, 0.3) is 0 Å². The second-order valence-corrected chi connectivity index (χ2v) is 6.06. The first kappa shape index (κ1) is 20.7. The number of phosphoric acid groups is 1. The molecule has 1 aliphatic heterocycles. The van der Waals surface area contributed by atoms with Crippen LogP contribution in [0, 0.1) is 0 Å². The van der Waals surface area contributed by atoms with Gasteiger partial charge in [0.15, 0.2) is 11.5 Å². The third kappa shape index (κ3) is 7.04. The van der Waals surface area contributed by atoms with Crippen LogP contribution in [0.1, 0.15) is 5.56 Å². The van der Waals surface area contributed by atoms with Gasteiger partial charge in [-0.15, -0.1) is 0 Å². The Morgan fingerprint density at radius 1 is 1.04 bits per heavy atom. The summed E-state index contributed by atoms with van der Waals surface area (Å²) in [6, 6.07) is 3.97. The van der Waals surface area contributed by atoms with Crippen LogP contribution in [-0.4, -0.2) is 67.1 Å². The number of ether oxygens (including phenoxy) is 3. The van der Waals surface area contributed by atoms with Crippen molar-refractivity contribution in [1.29, 1.82) is 0 Å². The van der Waals surface area contributed by atoms with E-state index in [1.54, 1.807) is 21.3 Å². The van der Waals surface area contributed by atoms with Crippen LogP contribution in [0.4, 0.5) is 0 Å². The second kappa shape index (κ2) is 9.83. The number of hydrogen-bond donors (Lipinski definition) is 4. The molecule has 0 aromatic heterocycles. The van der Waals surface area contributed by atoms with Crippen LogP contribution in [0.3, 0.4) is 0 Å². The molecule has 0 aliphatic carbocycles. The molecule has 10 heteroatoms. The highest BCUT2D eigenvalue weighted by atomic mass is 31.2. The fraction of sp³-hybridized carbons (Fsp3) is 0.571. The lowest BCUT2D eigenvalue weighted by molar-refractivity contribution is 0.228. The molecule has 0 unspecified atom stereocenters. The van der Waals surface area contributed by atoms with E-state index in [2.05, 4.69) is 10.2 Å². The first-order valence-corrected chi connectivity index (χ1v) is 8.85. The molecule has 0 bridgehead atoms. The molecule has 1 aliphatic rings. The number of piperazine rings is 1. The van der Waals surface area contributed by atoms with Crippen molar-refractivity contribution in [2.75, 3.05) is 47.5 Å². The van der Waals surface area contributed by atoms with Crippen molar-refractivity contribution < 1.29 is 33.5 Å². The normalized spacial score (nSPS) is 15.2. The standard InChI is InChI=1S/C14H22N2O3.H3O4P/c1-17-12-5-4-11(13(18-2)14(12)19-3)10-16-8-6-15-7-9-16;1-5(2,3)4/h4-5,15H,6-10H2,1-3H3;(H3,1,2,3,4). The maximum absolute atomic E-state index is 8.88. The van der Waals surface area contributed by atoms with Crippen molar-refractivity contribution in [2.45, 2.75) is 6.54 Å². The van der Waals surface area contributed by atoms with Crippen LogP contribution in [0.2, 0.25) is 0 Å². The minimum atomic E-state index is -4.64. The summed E-state index contributed by atoms with van der Waals surface area (Å²) in [5.74, 6) is 2.13. The van der Waals surface area contributed by atoms with Crippen LogP contribution in [0.25, 0.3) is 0 Å². The smallest absolute Gasteiger partial charge is 0.466 e. The molecule has 9 nitrogen and oxygen atoms in total. The Morgan fingerprint density at radius 2 is 1.58 bits per heavy atom. The highest BCUT2D eigenvalue weighted by Gasteiger charge is 2.18. The SMILES string of the molecule is COc1ccc(CN2CCNCC2)c(OC)c1OC.O=P(O)(O)O. The summed E-state index contributed by atoms with van der Waals surface area (Å²) in [5.41, 5.74) is 1.13. The highest BCUT2D eigenvalue weighted by molar-refractivity contribution is 7.45. The van der Waals surface area contributed by atoms with Crippen LogP contribution in [0.15, 0.2) is 12.1 Å². The van der Waals surface area contributed by atoms with Crippen LogP contribution in [0.5, 0.6) is 17.2 Å². The first-order chi connectivity index (χ1) is 11.3. The molecule has 1 heterocycles. The van der Waals surface area contributed by atoms with Gasteiger partial charge in [0.2, 0.25) is 5.75 Å². The second-order valence-electron chi connectivity index (χ2n) is 5.03. The molecule has 2 rings (SSSR count). The lowest BCUT2D eigenvalue weighted by atomic mass is 10.1. The van der Waals surface area contributed by atoms with E-state index in [0.29, 0.717) is 11.5 Å². The van der Waals surface area contributed by atoms with Gasteiger partial charge in [-0.25, -0.2) is 4.57 Å². The minimum Gasteiger partial charge on any atom is -0.493 e. The maximum atomic E-state index is 8.88. The van der Waals surface area contributed by atoms with Crippen molar-refractivity contribution in [2.24, 2.45) is 0 Å². The molecule has 0 radical (unpaired) electrons. The van der Waals surface area contributed by atoms with Crippen molar-refractivity contribution in [3.8, 4) is 17.2 Å². The zero-order valence-corrected chi connectivity index (χ0v) is 15.0. The van der Waals surface area contributed by atoms with Crippen LogP contribution < -0.4 is 19.5 Å². The van der Waals surface area contributed by atoms with E-state index in [1.165, 1.54) is 0 Å². The van der Waals surface area contributed by atoms with E-state index in [4.69, 9.17) is 33.5 Å². The highest BCUT2D eigenvalue weighted by Crippen LogP contribution is 2.40. The molecule has 1 aromatic rings. The van der Waals surface area contributed by atoms with E-state index < -0.39 is 7.82 Å². The van der Waals surface area contributed by atoms with E-state index in [0.717, 1.165) is 44.0 Å². The summed E-state index contributed by atoms with van der Waals surface area (Å²) in [7, 11) is 0.292. The third-order valence-corrected chi connectivity index (χ3v) is 3.39. The zero-order chi connectivity index (χ0) is 18.2. The molecule has 0 atom stereocenters. The van der Waals surface area contributed by atoms with E-state index in [1.807, 2.05) is 12.1 Å². The Labute approximate surface area is 141 Å². The number of hydrogen-bond acceptors (Lipinski definition) is 6. The molecular weight excluding hydrogens is 339 g/mol. The van der Waals surface area contributed by atoms with Gasteiger partial charge in [-0.05, 0) is 6.07 Å². The number of rotatable bonds is 5. The lowest BCUT2D eigenvalue weighted by Crippen LogP contribution is -2.42. The first-order valence-electron chi connectivity index (χ1n) is 7.29. The Morgan fingerprint density at radius 3 is 2.04 bits per heavy atom. The predicted molar refractivity (Wildman–Crippen MR) is 88.5 cm³/mol. The molecule has 4 N–H and O–H groups in total. The molecule has 0 spiro atoms. The molecule has 0 amide bonds. The van der Waals surface area contributed by atoms with Gasteiger partial charge >= 0.3 is 7.82 Å². The van der Waals surface area contributed by atoms with Gasteiger partial charge in [-0.1, -0.05) is 6.07 Å². The molecule has 24 heavy (non-hydrogen) atoms. The van der Waals surface area contributed by atoms with Gasteiger partial charge in [0.05, 0.1) is 21.3 Å². The van der Waals surface area contributed by atoms with Crippen molar-refractivity contribution in [3.05, 3.63) is 17.7 Å². The topological polar surface area (TPSA) is 121 Å². The number of nitrogens with zero attached hydrogens (tertiary/aromatic N) is 1. The summed E-state index contributed by atoms with van der Waals surface area (Å²) < 4.78 is 25.1. The summed E-state index contributed by atoms with van der Waals surface area (Å²) >= 11 is 0. The fourth-order valence-electron chi connectivity index (χ4n) is 2.40. The van der Waals surface area contributed by atoms with Crippen molar-refractivity contribution >= 4 is 7.82 Å². The van der Waals surface area contributed by atoms with Crippen molar-refractivity contribution in [1.82, 2.24) is 10.2 Å². The van der Waals surface area contributed by atoms with Gasteiger partial charge < -0.3 is 34.2 Å². The Bertz CT molecular complexity index is 550. The van der Waals surface area contributed by atoms with E-state index >= 15 is 0 Å². The van der Waals surface area contributed by atoms with Gasteiger partial charge in [0.1, 0.15) is 0 Å². The monoisotopic (exact) mass is 364 g/mol. The molecule has 1 saturated heterocycles. The van der Waals surface area contributed by atoms with Crippen LogP contribution >= 0.6 is 7.82 Å². The molecule has 1 aromatic carbocycles. The Balaban J connectivity index is 0.000000505. The largest absolute Gasteiger partial charge is 0.493 e. The zero-order valence-electron chi connectivity index (χ0n) is 14.1. The quantitative estimate of drug-likeness (QED) is 0.543. The summed E-state index contributed by atoms with van der Waals surface area (Å²) in [6.45, 7) is 5.05. The van der Waals surface area contributed by atoms with Gasteiger partial charge in [-0.3, -0.25) is 4.90 Å². The van der Waals surface area contributed by atoms with E-state index in [-0.39, 0.29) is 0 Å². The molecular formula is C14H25N2O7P. The maximum Gasteiger partial charge on any atom is 0.466 e. The summed E-state index contributed by atoms with van der Waals surface area (Å²) in [5, 5.41) is 3.35. The summed E-state index contributed by atoms with van der Waals surface area (Å²) in [6.07, 6.45) is 0. The van der Waals surface area contributed by atoms with Gasteiger partial charge in [0, 0.05) is 38.3 Å². The predicted octanol–water partition coefficient (Wildman–Crippen LogP) is 0.189. The lowest BCUT2D eigenvalue weighted by Gasteiger charge is -2.28. The molecule has 1 fully saturated rings. The van der Waals surface area contributed by atoms with Crippen molar-refractivity contribution in [3.63, 3.8) is 0 Å². The number of benzene rings is 1.